The third-order valence-electron chi connectivity index (χ3n) is 5.05. The van der Waals surface area contributed by atoms with Crippen LogP contribution in [0.25, 0.3) is 0 Å². The van der Waals surface area contributed by atoms with Crippen LogP contribution in [-0.2, 0) is 17.8 Å². The summed E-state index contributed by atoms with van der Waals surface area (Å²) >= 11 is 0. The van der Waals surface area contributed by atoms with E-state index in [1.165, 1.54) is 6.08 Å². The number of dihydropyridines is 1. The van der Waals surface area contributed by atoms with Crippen LogP contribution < -0.4 is 0 Å². The third-order valence-corrected chi connectivity index (χ3v) is 5.05. The number of allylic oxidation sites excluding steroid dienone is 1. The SMILES string of the molecule is Cc1cc(CC(=O)O)cc(CN2CCN(C3CC=C(C(F)(F)F)C=N3)CC2)c1. The Kier molecular flexibility index (Phi) is 6.20. The molecule has 0 bridgehead atoms. The Morgan fingerprint density at radius 1 is 1.18 bits per heavy atom. The van der Waals surface area contributed by atoms with E-state index in [2.05, 4.69) is 20.9 Å². The zero-order chi connectivity index (χ0) is 20.3. The number of aliphatic carboxylic acids is 1. The fourth-order valence-corrected chi connectivity index (χ4v) is 3.74. The molecule has 0 amide bonds. The van der Waals surface area contributed by atoms with Gasteiger partial charge < -0.3 is 5.11 Å². The maximum absolute atomic E-state index is 12.7. The first-order chi connectivity index (χ1) is 13.2. The molecule has 2 heterocycles. The number of nitrogens with zero attached hydrogens (tertiary/aromatic N) is 3. The number of aryl methyl sites for hydroxylation is 1. The lowest BCUT2D eigenvalue weighted by atomic mass is 10.0. The van der Waals surface area contributed by atoms with Gasteiger partial charge in [-0.05, 0) is 18.1 Å². The fraction of sp³-hybridized carbons (Fsp3) is 0.500. The monoisotopic (exact) mass is 395 g/mol. The van der Waals surface area contributed by atoms with Crippen LogP contribution in [0.15, 0.2) is 34.8 Å². The highest BCUT2D eigenvalue weighted by molar-refractivity contribution is 5.81. The van der Waals surface area contributed by atoms with Crippen LogP contribution in [0.2, 0.25) is 0 Å². The Hall–Kier alpha value is -2.19. The first-order valence-electron chi connectivity index (χ1n) is 9.29. The maximum atomic E-state index is 12.7. The second-order valence-electron chi connectivity index (χ2n) is 7.36. The normalized spacial score (nSPS) is 21.6. The summed E-state index contributed by atoms with van der Waals surface area (Å²) in [5.74, 6) is -0.846. The smallest absolute Gasteiger partial charge is 0.417 e. The first kappa shape index (κ1) is 20.5. The topological polar surface area (TPSA) is 56.1 Å². The standard InChI is InChI=1S/C20H24F3N3O2/c1-14-8-15(11-19(27)28)10-16(9-14)13-25-4-6-26(7-5-25)18-3-2-17(12-24-18)20(21,22)23/h2,8-10,12,18H,3-7,11,13H2,1H3,(H,27,28). The van der Waals surface area contributed by atoms with Crippen molar-refractivity contribution in [1.29, 1.82) is 0 Å². The Labute approximate surface area is 162 Å². The van der Waals surface area contributed by atoms with Crippen molar-refractivity contribution in [2.75, 3.05) is 26.2 Å². The number of hydrogen-bond donors (Lipinski definition) is 1. The van der Waals surface area contributed by atoms with Gasteiger partial charge >= 0.3 is 12.1 Å². The summed E-state index contributed by atoms with van der Waals surface area (Å²) in [7, 11) is 0. The number of benzene rings is 1. The molecule has 1 saturated heterocycles. The molecule has 5 nitrogen and oxygen atoms in total. The van der Waals surface area contributed by atoms with E-state index >= 15 is 0 Å². The molecule has 0 saturated carbocycles. The highest BCUT2D eigenvalue weighted by Crippen LogP contribution is 2.28. The van der Waals surface area contributed by atoms with Crippen LogP contribution in [0, 0.1) is 6.92 Å². The number of carboxylic acids is 1. The molecule has 0 aromatic heterocycles. The van der Waals surface area contributed by atoms with Gasteiger partial charge in [-0.25, -0.2) is 0 Å². The minimum Gasteiger partial charge on any atom is -0.481 e. The summed E-state index contributed by atoms with van der Waals surface area (Å²) < 4.78 is 38.0. The van der Waals surface area contributed by atoms with Gasteiger partial charge in [0.15, 0.2) is 0 Å². The van der Waals surface area contributed by atoms with Crippen molar-refractivity contribution in [1.82, 2.24) is 9.80 Å². The number of carbonyl (C=O) groups is 1. The predicted molar refractivity (Wildman–Crippen MR) is 100 cm³/mol. The number of alkyl halides is 3. The molecule has 1 atom stereocenters. The highest BCUT2D eigenvalue weighted by Gasteiger charge is 2.34. The van der Waals surface area contributed by atoms with Crippen molar-refractivity contribution in [2.45, 2.75) is 38.7 Å². The molecule has 0 aliphatic carbocycles. The van der Waals surface area contributed by atoms with Gasteiger partial charge in [0.05, 0.1) is 12.0 Å². The van der Waals surface area contributed by atoms with Gasteiger partial charge in [0, 0.05) is 45.4 Å². The zero-order valence-electron chi connectivity index (χ0n) is 15.7. The third kappa shape index (κ3) is 5.42. The van der Waals surface area contributed by atoms with E-state index in [-0.39, 0.29) is 19.0 Å². The van der Waals surface area contributed by atoms with Crippen LogP contribution in [-0.4, -0.2) is 65.6 Å². The molecule has 8 heteroatoms. The molecule has 0 radical (unpaired) electrons. The Balaban J connectivity index is 1.53. The van der Waals surface area contributed by atoms with Gasteiger partial charge in [-0.2, -0.15) is 13.2 Å². The van der Waals surface area contributed by atoms with Gasteiger partial charge in [0.2, 0.25) is 0 Å². The van der Waals surface area contributed by atoms with Crippen molar-refractivity contribution in [2.24, 2.45) is 4.99 Å². The number of hydrogen-bond acceptors (Lipinski definition) is 4. The molecular formula is C20H24F3N3O2. The minimum absolute atomic E-state index is 0.00950. The van der Waals surface area contributed by atoms with Crippen molar-refractivity contribution >= 4 is 12.2 Å². The largest absolute Gasteiger partial charge is 0.481 e. The van der Waals surface area contributed by atoms with Crippen LogP contribution >= 0.6 is 0 Å². The van der Waals surface area contributed by atoms with Gasteiger partial charge in [-0.3, -0.25) is 19.6 Å². The average Bonchev–Trinajstić information content (AvgIpc) is 2.61. The average molecular weight is 395 g/mol. The Bertz CT molecular complexity index is 781. The second-order valence-corrected chi connectivity index (χ2v) is 7.36. The lowest BCUT2D eigenvalue weighted by molar-refractivity contribution is -0.136. The molecule has 1 aromatic carbocycles. The summed E-state index contributed by atoms with van der Waals surface area (Å²) in [5.41, 5.74) is 2.25. The van der Waals surface area contributed by atoms with E-state index in [1.54, 1.807) is 0 Å². The molecule has 2 aliphatic rings. The van der Waals surface area contributed by atoms with Crippen molar-refractivity contribution in [3.8, 4) is 0 Å². The van der Waals surface area contributed by atoms with Crippen molar-refractivity contribution in [3.05, 3.63) is 46.5 Å². The Morgan fingerprint density at radius 2 is 1.86 bits per heavy atom. The van der Waals surface area contributed by atoms with Crippen molar-refractivity contribution < 1.29 is 23.1 Å². The number of carboxylic acid groups (broad SMARTS) is 1. The summed E-state index contributed by atoms with van der Waals surface area (Å²) in [6, 6.07) is 5.88. The van der Waals surface area contributed by atoms with E-state index in [0.29, 0.717) is 0 Å². The van der Waals surface area contributed by atoms with Gasteiger partial charge in [0.25, 0.3) is 0 Å². The van der Waals surface area contributed by atoms with Crippen LogP contribution in [0.1, 0.15) is 23.1 Å². The summed E-state index contributed by atoms with van der Waals surface area (Å²) in [5, 5.41) is 8.99. The van der Waals surface area contributed by atoms with Crippen molar-refractivity contribution in [3.63, 3.8) is 0 Å². The molecule has 1 unspecified atom stereocenters. The summed E-state index contributed by atoms with van der Waals surface area (Å²) in [4.78, 5) is 19.4. The molecule has 1 N–H and O–H groups in total. The molecule has 152 valence electrons. The number of aliphatic imine (C=N–C) groups is 1. The lowest BCUT2D eigenvalue weighted by Gasteiger charge is -2.38. The predicted octanol–water partition coefficient (Wildman–Crippen LogP) is 3.03. The van der Waals surface area contributed by atoms with Gasteiger partial charge in [-0.1, -0.05) is 29.8 Å². The van der Waals surface area contributed by atoms with E-state index in [9.17, 15) is 18.0 Å². The fourth-order valence-electron chi connectivity index (χ4n) is 3.74. The zero-order valence-corrected chi connectivity index (χ0v) is 15.7. The van der Waals surface area contributed by atoms with E-state index in [1.807, 2.05) is 19.1 Å². The molecule has 28 heavy (non-hydrogen) atoms. The lowest BCUT2D eigenvalue weighted by Crippen LogP contribution is -2.49. The maximum Gasteiger partial charge on any atom is 0.417 e. The number of rotatable bonds is 5. The molecule has 1 aromatic rings. The van der Waals surface area contributed by atoms with E-state index in [4.69, 9.17) is 5.11 Å². The van der Waals surface area contributed by atoms with Gasteiger partial charge in [-0.15, -0.1) is 0 Å². The highest BCUT2D eigenvalue weighted by atomic mass is 19.4. The summed E-state index contributed by atoms with van der Waals surface area (Å²) in [6.45, 7) is 5.76. The molecule has 2 aliphatic heterocycles. The molecule has 3 rings (SSSR count). The van der Waals surface area contributed by atoms with Crippen LogP contribution in [0.4, 0.5) is 13.2 Å². The minimum atomic E-state index is -4.33. The van der Waals surface area contributed by atoms with E-state index < -0.39 is 17.7 Å². The van der Waals surface area contributed by atoms with Crippen LogP contribution in [0.3, 0.4) is 0 Å². The quantitative estimate of drug-likeness (QED) is 0.833. The van der Waals surface area contributed by atoms with Crippen LogP contribution in [0.5, 0.6) is 0 Å². The van der Waals surface area contributed by atoms with Gasteiger partial charge in [0.1, 0.15) is 6.17 Å². The number of halogens is 3. The molecule has 1 fully saturated rings. The second kappa shape index (κ2) is 8.45. The number of piperazine rings is 1. The molecular weight excluding hydrogens is 371 g/mol. The Morgan fingerprint density at radius 3 is 2.43 bits per heavy atom. The van der Waals surface area contributed by atoms with E-state index in [0.717, 1.165) is 55.6 Å². The molecule has 0 spiro atoms. The summed E-state index contributed by atoms with van der Waals surface area (Å²) in [6.07, 6.45) is -2.11. The first-order valence-corrected chi connectivity index (χ1v) is 9.29.